The highest BCUT2D eigenvalue weighted by molar-refractivity contribution is 5.89. The highest BCUT2D eigenvalue weighted by Gasteiger charge is 2.30. The van der Waals surface area contributed by atoms with Crippen LogP contribution in [0.25, 0.3) is 0 Å². The smallest absolute Gasteiger partial charge is 0.258 e. The van der Waals surface area contributed by atoms with Crippen molar-refractivity contribution < 1.29 is 27.9 Å². The number of nitriles is 1. The van der Waals surface area contributed by atoms with Crippen LogP contribution >= 0.6 is 0 Å². The number of ether oxygens (including phenoxy) is 1. The summed E-state index contributed by atoms with van der Waals surface area (Å²) in [5.74, 6) is -2.52. The summed E-state index contributed by atoms with van der Waals surface area (Å²) in [6.07, 6.45) is 0.674. The Balaban J connectivity index is 1.65. The van der Waals surface area contributed by atoms with Crippen molar-refractivity contribution in [3.63, 3.8) is 0 Å². The van der Waals surface area contributed by atoms with Crippen molar-refractivity contribution in [1.82, 2.24) is 16.0 Å². The van der Waals surface area contributed by atoms with E-state index in [1.54, 1.807) is 6.07 Å². The van der Waals surface area contributed by atoms with Crippen molar-refractivity contribution in [2.75, 3.05) is 13.2 Å². The molecule has 3 amide bonds. The lowest BCUT2D eigenvalue weighted by Gasteiger charge is -2.21. The fourth-order valence-electron chi connectivity index (χ4n) is 3.60. The van der Waals surface area contributed by atoms with Gasteiger partial charge in [-0.3, -0.25) is 14.4 Å². The molecule has 3 N–H and O–H groups in total. The van der Waals surface area contributed by atoms with Gasteiger partial charge in [-0.25, -0.2) is 8.78 Å². The molecule has 0 aromatic heterocycles. The van der Waals surface area contributed by atoms with E-state index in [2.05, 4.69) is 16.0 Å². The van der Waals surface area contributed by atoms with Crippen LogP contribution in [-0.4, -0.2) is 43.0 Å². The zero-order chi connectivity index (χ0) is 24.5. The van der Waals surface area contributed by atoms with Crippen LogP contribution in [0.5, 0.6) is 5.75 Å². The largest absolute Gasteiger partial charge is 0.484 e. The lowest BCUT2D eigenvalue weighted by Crippen LogP contribution is -2.51. The van der Waals surface area contributed by atoms with Crippen molar-refractivity contribution in [3.05, 3.63) is 65.7 Å². The molecular formula is C24H24F2N4O4. The van der Waals surface area contributed by atoms with Crippen LogP contribution < -0.4 is 20.7 Å². The number of carbonyl (C=O) groups excluding carboxylic acids is 3. The van der Waals surface area contributed by atoms with E-state index in [1.165, 1.54) is 42.5 Å². The zero-order valence-electron chi connectivity index (χ0n) is 18.2. The predicted molar refractivity (Wildman–Crippen MR) is 117 cm³/mol. The van der Waals surface area contributed by atoms with Crippen LogP contribution in [0.1, 0.15) is 18.4 Å². The third kappa shape index (κ3) is 7.27. The summed E-state index contributed by atoms with van der Waals surface area (Å²) >= 11 is 0. The van der Waals surface area contributed by atoms with Gasteiger partial charge in [0.15, 0.2) is 6.61 Å². The predicted octanol–water partition coefficient (Wildman–Crippen LogP) is 1.61. The fraction of sp³-hybridized carbons (Fsp3) is 0.333. The Morgan fingerprint density at radius 2 is 1.91 bits per heavy atom. The molecule has 1 aliphatic rings. The van der Waals surface area contributed by atoms with E-state index in [-0.39, 0.29) is 30.4 Å². The first-order valence-electron chi connectivity index (χ1n) is 10.7. The molecule has 2 aromatic carbocycles. The van der Waals surface area contributed by atoms with Crippen molar-refractivity contribution >= 4 is 17.7 Å². The molecule has 34 heavy (non-hydrogen) atoms. The van der Waals surface area contributed by atoms with Crippen molar-refractivity contribution in [2.24, 2.45) is 5.92 Å². The van der Waals surface area contributed by atoms with Gasteiger partial charge in [-0.2, -0.15) is 5.26 Å². The van der Waals surface area contributed by atoms with Gasteiger partial charge in [0.2, 0.25) is 11.8 Å². The van der Waals surface area contributed by atoms with Gasteiger partial charge in [0.05, 0.1) is 6.07 Å². The van der Waals surface area contributed by atoms with E-state index in [1.807, 2.05) is 6.07 Å². The summed E-state index contributed by atoms with van der Waals surface area (Å²) in [4.78, 5) is 37.2. The van der Waals surface area contributed by atoms with E-state index in [4.69, 9.17) is 4.74 Å². The molecule has 1 unspecified atom stereocenters. The second-order valence-electron chi connectivity index (χ2n) is 7.90. The van der Waals surface area contributed by atoms with Gasteiger partial charge in [0.1, 0.15) is 29.5 Å². The molecule has 0 spiro atoms. The molecular weight excluding hydrogens is 446 g/mol. The maximum absolute atomic E-state index is 13.6. The standard InChI is InChI=1S/C24H24F2N4O4/c25-17-4-6-20(7-5-17)34-14-22(31)30-21(11-15-2-1-3-18(26)10-15)24(33)29-19(13-27)12-16-8-9-28-23(16)32/h1-7,10,16,19,21H,8-9,11-12,14H2,(H,28,32)(H,29,33)(H,30,31)/t16-,19-,21?/m0/s1. The van der Waals surface area contributed by atoms with Gasteiger partial charge < -0.3 is 20.7 Å². The molecule has 8 nitrogen and oxygen atoms in total. The zero-order valence-corrected chi connectivity index (χ0v) is 18.2. The van der Waals surface area contributed by atoms with Gasteiger partial charge in [-0.1, -0.05) is 12.1 Å². The third-order valence-electron chi connectivity index (χ3n) is 5.32. The Kier molecular flexibility index (Phi) is 8.51. The molecule has 3 atom stereocenters. The summed E-state index contributed by atoms with van der Waals surface area (Å²) in [5, 5.41) is 17.2. The highest BCUT2D eigenvalue weighted by Crippen LogP contribution is 2.16. The Hall–Kier alpha value is -4.00. The summed E-state index contributed by atoms with van der Waals surface area (Å²) in [6, 6.07) is 10.6. The van der Waals surface area contributed by atoms with Crippen molar-refractivity contribution in [2.45, 2.75) is 31.3 Å². The van der Waals surface area contributed by atoms with Gasteiger partial charge in [0.25, 0.3) is 5.91 Å². The summed E-state index contributed by atoms with van der Waals surface area (Å²) in [6.45, 7) is 0.0738. The van der Waals surface area contributed by atoms with Crippen LogP contribution in [0, 0.1) is 28.9 Å². The first-order chi connectivity index (χ1) is 16.3. The molecule has 0 saturated carbocycles. The lowest BCUT2D eigenvalue weighted by atomic mass is 9.98. The third-order valence-corrected chi connectivity index (χ3v) is 5.32. The first-order valence-corrected chi connectivity index (χ1v) is 10.7. The highest BCUT2D eigenvalue weighted by atomic mass is 19.1. The number of carbonyl (C=O) groups is 3. The fourth-order valence-corrected chi connectivity index (χ4v) is 3.60. The molecule has 10 heteroatoms. The SMILES string of the molecule is N#C[C@H](C[C@@H]1CCNC1=O)NC(=O)C(Cc1cccc(F)c1)NC(=O)COc1ccc(F)cc1. The summed E-state index contributed by atoms with van der Waals surface area (Å²) in [7, 11) is 0. The molecule has 178 valence electrons. The maximum Gasteiger partial charge on any atom is 0.258 e. The van der Waals surface area contributed by atoms with E-state index in [0.717, 1.165) is 0 Å². The van der Waals surface area contributed by atoms with Crippen molar-refractivity contribution in [1.29, 1.82) is 5.26 Å². The normalized spacial score (nSPS) is 16.6. The van der Waals surface area contributed by atoms with Crippen LogP contribution in [-0.2, 0) is 20.8 Å². The van der Waals surface area contributed by atoms with Crippen LogP contribution in [0.3, 0.4) is 0 Å². The van der Waals surface area contributed by atoms with Crippen molar-refractivity contribution in [3.8, 4) is 11.8 Å². The molecule has 0 radical (unpaired) electrons. The van der Waals surface area contributed by atoms with Crippen LogP contribution in [0.2, 0.25) is 0 Å². The van der Waals surface area contributed by atoms with Gasteiger partial charge in [-0.15, -0.1) is 0 Å². The number of hydrogen-bond acceptors (Lipinski definition) is 5. The number of nitrogens with one attached hydrogen (secondary N) is 3. The Bertz CT molecular complexity index is 1070. The van der Waals surface area contributed by atoms with Gasteiger partial charge in [0, 0.05) is 18.9 Å². The lowest BCUT2D eigenvalue weighted by molar-refractivity contribution is -0.130. The molecule has 2 aromatic rings. The van der Waals surface area contributed by atoms with Gasteiger partial charge >= 0.3 is 0 Å². The number of halogens is 2. The van der Waals surface area contributed by atoms with E-state index < -0.39 is 42.1 Å². The van der Waals surface area contributed by atoms with E-state index in [9.17, 15) is 28.4 Å². The molecule has 1 aliphatic heterocycles. The van der Waals surface area contributed by atoms with Crippen LogP contribution in [0.4, 0.5) is 8.78 Å². The number of hydrogen-bond donors (Lipinski definition) is 3. The number of benzene rings is 2. The molecule has 1 heterocycles. The summed E-state index contributed by atoms with van der Waals surface area (Å²) < 4.78 is 32.0. The minimum atomic E-state index is -1.13. The molecule has 1 saturated heterocycles. The first kappa shape index (κ1) is 24.6. The van der Waals surface area contributed by atoms with Crippen LogP contribution in [0.15, 0.2) is 48.5 Å². The second kappa shape index (κ2) is 11.7. The minimum absolute atomic E-state index is 0.0338. The van der Waals surface area contributed by atoms with E-state index in [0.29, 0.717) is 18.5 Å². The average Bonchev–Trinajstić information content (AvgIpc) is 3.22. The Morgan fingerprint density at radius 1 is 1.15 bits per heavy atom. The second-order valence-corrected chi connectivity index (χ2v) is 7.90. The topological polar surface area (TPSA) is 120 Å². The molecule has 0 aliphatic carbocycles. The minimum Gasteiger partial charge on any atom is -0.484 e. The van der Waals surface area contributed by atoms with Gasteiger partial charge in [-0.05, 0) is 54.8 Å². The monoisotopic (exact) mass is 470 g/mol. The quantitative estimate of drug-likeness (QED) is 0.487. The number of rotatable bonds is 10. The average molecular weight is 470 g/mol. The molecule has 0 bridgehead atoms. The molecule has 1 fully saturated rings. The summed E-state index contributed by atoms with van der Waals surface area (Å²) in [5.41, 5.74) is 0.462. The number of nitrogens with zero attached hydrogens (tertiary/aromatic N) is 1. The number of amides is 3. The molecule has 3 rings (SSSR count). The Morgan fingerprint density at radius 3 is 2.56 bits per heavy atom. The Labute approximate surface area is 195 Å². The maximum atomic E-state index is 13.6. The van der Waals surface area contributed by atoms with E-state index >= 15 is 0 Å².